The molecule has 84 valence electrons. The summed E-state index contributed by atoms with van der Waals surface area (Å²) in [5.74, 6) is 0.911. The van der Waals surface area contributed by atoms with E-state index < -0.39 is 0 Å². The van der Waals surface area contributed by atoms with Gasteiger partial charge in [-0.2, -0.15) is 0 Å². The van der Waals surface area contributed by atoms with Gasteiger partial charge in [0.2, 0.25) is 0 Å². The number of benzene rings is 1. The highest BCUT2D eigenvalue weighted by atomic mass is 79.9. The summed E-state index contributed by atoms with van der Waals surface area (Å²) in [5, 5.41) is 0. The highest BCUT2D eigenvalue weighted by Crippen LogP contribution is 2.29. The van der Waals surface area contributed by atoms with E-state index in [1.54, 1.807) is 0 Å². The van der Waals surface area contributed by atoms with E-state index in [9.17, 15) is 0 Å². The Labute approximate surface area is 99.9 Å². The van der Waals surface area contributed by atoms with Crippen molar-refractivity contribution in [1.82, 2.24) is 0 Å². The maximum Gasteiger partial charge on any atom is 0.124 e. The Balaban J connectivity index is 2.92. The molecule has 0 bridgehead atoms. The number of rotatable bonds is 5. The van der Waals surface area contributed by atoms with Gasteiger partial charge in [0.05, 0.1) is 6.61 Å². The first-order valence-corrected chi connectivity index (χ1v) is 6.16. The minimum atomic E-state index is 0.0503. The van der Waals surface area contributed by atoms with Crippen molar-refractivity contribution >= 4 is 15.9 Å². The molecule has 1 aromatic rings. The van der Waals surface area contributed by atoms with Crippen LogP contribution in [0.3, 0.4) is 0 Å². The Morgan fingerprint density at radius 3 is 2.73 bits per heavy atom. The average Bonchev–Trinajstić information content (AvgIpc) is 2.26. The molecule has 0 aliphatic rings. The van der Waals surface area contributed by atoms with E-state index in [1.165, 1.54) is 0 Å². The lowest BCUT2D eigenvalue weighted by Crippen LogP contribution is -2.11. The van der Waals surface area contributed by atoms with Crippen molar-refractivity contribution in [2.75, 3.05) is 6.61 Å². The third-order valence-corrected chi connectivity index (χ3v) is 2.77. The van der Waals surface area contributed by atoms with Crippen LogP contribution in [-0.4, -0.2) is 6.61 Å². The molecule has 0 saturated heterocycles. The summed E-state index contributed by atoms with van der Waals surface area (Å²) in [6.45, 7) is 4.92. The number of halogens is 1. The largest absolute Gasteiger partial charge is 0.493 e. The molecule has 0 aromatic heterocycles. The van der Waals surface area contributed by atoms with Crippen LogP contribution in [0.4, 0.5) is 0 Å². The average molecular weight is 272 g/mol. The smallest absolute Gasteiger partial charge is 0.124 e. The monoisotopic (exact) mass is 271 g/mol. The van der Waals surface area contributed by atoms with Gasteiger partial charge in [-0.1, -0.05) is 29.8 Å². The molecule has 15 heavy (non-hydrogen) atoms. The second kappa shape index (κ2) is 6.13. The van der Waals surface area contributed by atoms with E-state index in [-0.39, 0.29) is 6.04 Å². The van der Waals surface area contributed by atoms with Gasteiger partial charge in [0.1, 0.15) is 5.75 Å². The van der Waals surface area contributed by atoms with Crippen LogP contribution in [-0.2, 0) is 0 Å². The molecule has 0 amide bonds. The van der Waals surface area contributed by atoms with E-state index in [0.29, 0.717) is 0 Å². The zero-order valence-corrected chi connectivity index (χ0v) is 10.9. The van der Waals surface area contributed by atoms with Crippen LogP contribution in [0, 0.1) is 0 Å². The van der Waals surface area contributed by atoms with Gasteiger partial charge in [0.15, 0.2) is 0 Å². The Bertz CT molecular complexity index is 314. The van der Waals surface area contributed by atoms with Crippen molar-refractivity contribution < 1.29 is 4.74 Å². The topological polar surface area (TPSA) is 35.2 Å². The summed E-state index contributed by atoms with van der Waals surface area (Å²) in [7, 11) is 0. The fourth-order valence-electron chi connectivity index (χ4n) is 1.37. The van der Waals surface area contributed by atoms with E-state index in [0.717, 1.165) is 35.2 Å². The van der Waals surface area contributed by atoms with Crippen LogP contribution >= 0.6 is 15.9 Å². The lowest BCUT2D eigenvalue weighted by molar-refractivity contribution is 0.312. The zero-order valence-electron chi connectivity index (χ0n) is 9.29. The summed E-state index contributed by atoms with van der Waals surface area (Å²) in [6, 6.07) is 6.05. The third kappa shape index (κ3) is 3.50. The molecule has 0 aliphatic carbocycles. The summed E-state index contributed by atoms with van der Waals surface area (Å²) in [4.78, 5) is 0. The molecule has 1 unspecified atom stereocenters. The molecule has 1 atom stereocenters. The first-order chi connectivity index (χ1) is 7.19. The number of ether oxygens (including phenoxy) is 1. The molecule has 0 spiro atoms. The van der Waals surface area contributed by atoms with Gasteiger partial charge in [-0.15, -0.1) is 0 Å². The standard InChI is InChI=1S/C12H18BrNO/c1-3-7-15-12-6-5-9(13)8-10(12)11(14)4-2/h5-6,8,11H,3-4,7,14H2,1-2H3. The Morgan fingerprint density at radius 1 is 1.40 bits per heavy atom. The van der Waals surface area contributed by atoms with Gasteiger partial charge in [-0.25, -0.2) is 0 Å². The van der Waals surface area contributed by atoms with E-state index in [4.69, 9.17) is 10.5 Å². The van der Waals surface area contributed by atoms with Crippen LogP contribution in [0.2, 0.25) is 0 Å². The first-order valence-electron chi connectivity index (χ1n) is 5.36. The number of hydrogen-bond donors (Lipinski definition) is 1. The fourth-order valence-corrected chi connectivity index (χ4v) is 1.75. The number of nitrogens with two attached hydrogens (primary N) is 1. The van der Waals surface area contributed by atoms with E-state index in [2.05, 4.69) is 29.8 Å². The van der Waals surface area contributed by atoms with E-state index >= 15 is 0 Å². The molecule has 0 saturated carbocycles. The Hall–Kier alpha value is -0.540. The van der Waals surface area contributed by atoms with Crippen molar-refractivity contribution in [3.05, 3.63) is 28.2 Å². The molecule has 2 N–H and O–H groups in total. The quantitative estimate of drug-likeness (QED) is 0.888. The second-order valence-electron chi connectivity index (χ2n) is 3.55. The van der Waals surface area contributed by atoms with Crippen molar-refractivity contribution in [2.45, 2.75) is 32.7 Å². The Kier molecular flexibility index (Phi) is 5.12. The summed E-state index contributed by atoms with van der Waals surface area (Å²) >= 11 is 3.45. The molecule has 2 nitrogen and oxygen atoms in total. The van der Waals surface area contributed by atoms with Gasteiger partial charge in [0.25, 0.3) is 0 Å². The summed E-state index contributed by atoms with van der Waals surface area (Å²) < 4.78 is 6.71. The fraction of sp³-hybridized carbons (Fsp3) is 0.500. The predicted molar refractivity (Wildman–Crippen MR) is 67.1 cm³/mol. The highest BCUT2D eigenvalue weighted by Gasteiger charge is 2.10. The van der Waals surface area contributed by atoms with Crippen LogP contribution < -0.4 is 10.5 Å². The highest BCUT2D eigenvalue weighted by molar-refractivity contribution is 9.10. The normalized spacial score (nSPS) is 12.5. The molecular formula is C12H18BrNO. The molecular weight excluding hydrogens is 254 g/mol. The van der Waals surface area contributed by atoms with Gasteiger partial charge in [-0.05, 0) is 31.0 Å². The van der Waals surface area contributed by atoms with Crippen molar-refractivity contribution in [3.8, 4) is 5.75 Å². The minimum absolute atomic E-state index is 0.0503. The van der Waals surface area contributed by atoms with Crippen molar-refractivity contribution in [2.24, 2.45) is 5.73 Å². The van der Waals surface area contributed by atoms with E-state index in [1.807, 2.05) is 18.2 Å². The Morgan fingerprint density at radius 2 is 2.13 bits per heavy atom. The van der Waals surface area contributed by atoms with Gasteiger partial charge in [-0.3, -0.25) is 0 Å². The zero-order chi connectivity index (χ0) is 11.3. The molecule has 0 heterocycles. The molecule has 1 rings (SSSR count). The van der Waals surface area contributed by atoms with Gasteiger partial charge in [0, 0.05) is 16.1 Å². The van der Waals surface area contributed by atoms with Gasteiger partial charge >= 0.3 is 0 Å². The lowest BCUT2D eigenvalue weighted by Gasteiger charge is -2.15. The summed E-state index contributed by atoms with van der Waals surface area (Å²) in [6.07, 6.45) is 1.93. The molecule has 0 aliphatic heterocycles. The SMILES string of the molecule is CCCOc1ccc(Br)cc1C(N)CC. The third-order valence-electron chi connectivity index (χ3n) is 2.27. The maximum atomic E-state index is 6.03. The van der Waals surface area contributed by atoms with Crippen LogP contribution in [0.5, 0.6) is 5.75 Å². The van der Waals surface area contributed by atoms with Gasteiger partial charge < -0.3 is 10.5 Å². The lowest BCUT2D eigenvalue weighted by atomic mass is 10.0. The van der Waals surface area contributed by atoms with Crippen molar-refractivity contribution in [1.29, 1.82) is 0 Å². The number of hydrogen-bond acceptors (Lipinski definition) is 2. The maximum absolute atomic E-state index is 6.03. The molecule has 0 radical (unpaired) electrons. The second-order valence-corrected chi connectivity index (χ2v) is 4.46. The molecule has 3 heteroatoms. The minimum Gasteiger partial charge on any atom is -0.493 e. The molecule has 1 aromatic carbocycles. The van der Waals surface area contributed by atoms with Crippen LogP contribution in [0.15, 0.2) is 22.7 Å². The molecule has 0 fully saturated rings. The first kappa shape index (κ1) is 12.5. The van der Waals surface area contributed by atoms with Crippen molar-refractivity contribution in [3.63, 3.8) is 0 Å². The van der Waals surface area contributed by atoms with Crippen LogP contribution in [0.25, 0.3) is 0 Å². The predicted octanol–water partition coefficient (Wildman–Crippen LogP) is 3.65. The summed E-state index contributed by atoms with van der Waals surface area (Å²) in [5.41, 5.74) is 7.12. The van der Waals surface area contributed by atoms with Crippen LogP contribution in [0.1, 0.15) is 38.3 Å².